The van der Waals surface area contributed by atoms with Gasteiger partial charge in [0.2, 0.25) is 10.0 Å². The molecule has 0 fully saturated rings. The third-order valence-corrected chi connectivity index (χ3v) is 7.23. The Kier molecular flexibility index (Phi) is 4.92. The van der Waals surface area contributed by atoms with Crippen LogP contribution in [-0.4, -0.2) is 37.7 Å². The first-order chi connectivity index (χ1) is 11.8. The maximum Gasteiger partial charge on any atom is 0.257 e. The quantitative estimate of drug-likeness (QED) is 0.673. The molecule has 130 valence electrons. The fraction of sp³-hybridized carbons (Fsp3) is 0.125. The Morgan fingerprint density at radius 1 is 1.20 bits per heavy atom. The molecule has 0 unspecified atom stereocenters. The van der Waals surface area contributed by atoms with Crippen LogP contribution in [0.1, 0.15) is 10.4 Å². The molecular formula is C16H14BrN3O3S2. The van der Waals surface area contributed by atoms with E-state index in [1.807, 2.05) is 24.3 Å². The second-order valence-corrected chi connectivity index (χ2v) is 9.38. The first kappa shape index (κ1) is 18.0. The number of hydrogen-bond acceptors (Lipinski definition) is 5. The van der Waals surface area contributed by atoms with Crippen LogP contribution >= 0.6 is 27.3 Å². The molecular weight excluding hydrogens is 426 g/mol. The van der Waals surface area contributed by atoms with Gasteiger partial charge in [-0.25, -0.2) is 17.7 Å². The normalized spacial score (nSPS) is 11.8. The van der Waals surface area contributed by atoms with Crippen molar-refractivity contribution in [1.82, 2.24) is 9.29 Å². The Morgan fingerprint density at radius 3 is 2.60 bits per heavy atom. The fourth-order valence-electron chi connectivity index (χ4n) is 2.13. The number of sulfonamides is 1. The Balaban J connectivity index is 1.92. The second-order valence-electron chi connectivity index (χ2n) is 5.37. The third-order valence-electron chi connectivity index (χ3n) is 3.47. The highest BCUT2D eigenvalue weighted by atomic mass is 79.9. The Morgan fingerprint density at radius 2 is 1.92 bits per heavy atom. The molecule has 6 nitrogen and oxygen atoms in total. The van der Waals surface area contributed by atoms with Gasteiger partial charge < -0.3 is 0 Å². The zero-order valence-electron chi connectivity index (χ0n) is 13.4. The molecule has 25 heavy (non-hydrogen) atoms. The lowest BCUT2D eigenvalue weighted by Gasteiger charge is -2.13. The summed E-state index contributed by atoms with van der Waals surface area (Å²) in [4.78, 5) is 16.9. The van der Waals surface area contributed by atoms with Crippen molar-refractivity contribution in [3.05, 3.63) is 52.5 Å². The number of para-hydroxylation sites is 1. The molecule has 1 amide bonds. The number of fused-ring (bicyclic) bond motifs is 1. The first-order valence-corrected chi connectivity index (χ1v) is 10.2. The summed E-state index contributed by atoms with van der Waals surface area (Å²) in [6.07, 6.45) is 0. The molecule has 0 bridgehead atoms. The van der Waals surface area contributed by atoms with E-state index in [1.165, 1.54) is 31.5 Å². The van der Waals surface area contributed by atoms with Gasteiger partial charge in [0.25, 0.3) is 5.91 Å². The van der Waals surface area contributed by atoms with Crippen molar-refractivity contribution in [3.8, 4) is 0 Å². The summed E-state index contributed by atoms with van der Waals surface area (Å²) in [6.45, 7) is 0. The number of benzene rings is 2. The van der Waals surface area contributed by atoms with Crippen LogP contribution in [0.15, 0.2) is 51.8 Å². The highest BCUT2D eigenvalue weighted by Gasteiger charge is 2.22. The molecule has 0 radical (unpaired) electrons. The number of nitrogens with one attached hydrogen (secondary N) is 1. The number of halogens is 1. The van der Waals surface area contributed by atoms with Crippen LogP contribution < -0.4 is 5.32 Å². The molecule has 1 N–H and O–H groups in total. The van der Waals surface area contributed by atoms with E-state index in [1.54, 1.807) is 12.1 Å². The number of thiazole rings is 1. The molecule has 3 aromatic rings. The fourth-order valence-corrected chi connectivity index (χ4v) is 4.84. The summed E-state index contributed by atoms with van der Waals surface area (Å²) in [5.74, 6) is -0.415. The predicted molar refractivity (Wildman–Crippen MR) is 103 cm³/mol. The zero-order chi connectivity index (χ0) is 18.2. The molecule has 0 aliphatic heterocycles. The van der Waals surface area contributed by atoms with E-state index in [2.05, 4.69) is 26.2 Å². The number of rotatable bonds is 4. The average molecular weight is 440 g/mol. The minimum atomic E-state index is -3.66. The van der Waals surface area contributed by atoms with Crippen molar-refractivity contribution in [3.63, 3.8) is 0 Å². The van der Waals surface area contributed by atoms with Crippen molar-refractivity contribution in [1.29, 1.82) is 0 Å². The zero-order valence-corrected chi connectivity index (χ0v) is 16.6. The van der Waals surface area contributed by atoms with E-state index in [4.69, 9.17) is 0 Å². The minimum Gasteiger partial charge on any atom is -0.298 e. The van der Waals surface area contributed by atoms with E-state index in [-0.39, 0.29) is 10.5 Å². The second kappa shape index (κ2) is 6.83. The monoisotopic (exact) mass is 439 g/mol. The van der Waals surface area contributed by atoms with E-state index >= 15 is 0 Å². The first-order valence-electron chi connectivity index (χ1n) is 7.18. The number of nitrogens with zero attached hydrogens (tertiary/aromatic N) is 2. The number of hydrogen-bond donors (Lipinski definition) is 1. The van der Waals surface area contributed by atoms with Crippen molar-refractivity contribution in [2.24, 2.45) is 0 Å². The van der Waals surface area contributed by atoms with E-state index in [0.717, 1.165) is 14.5 Å². The molecule has 0 saturated heterocycles. The Labute approximate surface area is 157 Å². The van der Waals surface area contributed by atoms with Gasteiger partial charge in [-0.05, 0) is 46.3 Å². The molecule has 0 spiro atoms. The Hall–Kier alpha value is -1.81. The van der Waals surface area contributed by atoms with Crippen molar-refractivity contribution < 1.29 is 13.2 Å². The predicted octanol–water partition coefficient (Wildman–Crippen LogP) is 3.56. The van der Waals surface area contributed by atoms with Gasteiger partial charge in [0, 0.05) is 24.1 Å². The molecule has 1 heterocycles. The SMILES string of the molecule is CN(C)S(=O)(=O)c1cc(C(=O)Nc2nc3ccccc3s2)ccc1Br. The maximum atomic E-state index is 12.5. The maximum absolute atomic E-state index is 12.5. The van der Waals surface area contributed by atoms with Crippen LogP contribution in [0.2, 0.25) is 0 Å². The average Bonchev–Trinajstić information content (AvgIpc) is 2.96. The molecule has 0 atom stereocenters. The van der Waals surface area contributed by atoms with Gasteiger partial charge in [-0.3, -0.25) is 10.1 Å². The Bertz CT molecular complexity index is 1030. The highest BCUT2D eigenvalue weighted by molar-refractivity contribution is 9.10. The summed E-state index contributed by atoms with van der Waals surface area (Å²) in [5, 5.41) is 3.18. The molecule has 0 aliphatic rings. The summed E-state index contributed by atoms with van der Waals surface area (Å²) < 4.78 is 27.2. The van der Waals surface area contributed by atoms with Crippen molar-refractivity contribution >= 4 is 58.5 Å². The topological polar surface area (TPSA) is 79.4 Å². The van der Waals surface area contributed by atoms with Crippen LogP contribution in [0.3, 0.4) is 0 Å². The summed E-state index contributed by atoms with van der Waals surface area (Å²) in [6, 6.07) is 12.0. The summed E-state index contributed by atoms with van der Waals surface area (Å²) in [7, 11) is -0.783. The lowest BCUT2D eigenvalue weighted by atomic mass is 10.2. The largest absolute Gasteiger partial charge is 0.298 e. The van der Waals surface area contributed by atoms with Gasteiger partial charge in [-0.1, -0.05) is 23.5 Å². The van der Waals surface area contributed by atoms with Crippen LogP contribution in [-0.2, 0) is 10.0 Å². The smallest absolute Gasteiger partial charge is 0.257 e. The number of amides is 1. The number of aromatic nitrogens is 1. The van der Waals surface area contributed by atoms with Gasteiger partial charge in [-0.2, -0.15) is 0 Å². The minimum absolute atomic E-state index is 0.0365. The number of carbonyl (C=O) groups is 1. The van der Waals surface area contributed by atoms with Gasteiger partial charge in [-0.15, -0.1) is 0 Å². The van der Waals surface area contributed by atoms with Crippen LogP contribution in [0.5, 0.6) is 0 Å². The van der Waals surface area contributed by atoms with E-state index < -0.39 is 15.9 Å². The lowest BCUT2D eigenvalue weighted by molar-refractivity contribution is 0.102. The molecule has 9 heteroatoms. The van der Waals surface area contributed by atoms with Crippen molar-refractivity contribution in [2.45, 2.75) is 4.90 Å². The highest BCUT2D eigenvalue weighted by Crippen LogP contribution is 2.28. The van der Waals surface area contributed by atoms with E-state index in [0.29, 0.717) is 9.60 Å². The van der Waals surface area contributed by atoms with Crippen LogP contribution in [0.4, 0.5) is 5.13 Å². The molecule has 2 aromatic carbocycles. The summed E-state index contributed by atoms with van der Waals surface area (Å²) in [5.41, 5.74) is 1.04. The van der Waals surface area contributed by atoms with Crippen LogP contribution in [0.25, 0.3) is 10.2 Å². The lowest BCUT2D eigenvalue weighted by Crippen LogP contribution is -2.23. The van der Waals surface area contributed by atoms with Gasteiger partial charge in [0.1, 0.15) is 0 Å². The van der Waals surface area contributed by atoms with Crippen molar-refractivity contribution in [2.75, 3.05) is 19.4 Å². The molecule has 0 aliphatic carbocycles. The molecule has 1 aromatic heterocycles. The van der Waals surface area contributed by atoms with E-state index in [9.17, 15) is 13.2 Å². The third kappa shape index (κ3) is 3.59. The molecule has 0 saturated carbocycles. The van der Waals surface area contributed by atoms with Gasteiger partial charge in [0.05, 0.1) is 15.1 Å². The van der Waals surface area contributed by atoms with Gasteiger partial charge in [0.15, 0.2) is 5.13 Å². The summed E-state index contributed by atoms with van der Waals surface area (Å²) >= 11 is 4.59. The molecule has 3 rings (SSSR count). The van der Waals surface area contributed by atoms with Crippen LogP contribution in [0, 0.1) is 0 Å². The number of anilines is 1. The standard InChI is InChI=1S/C16H14BrN3O3S2/c1-20(2)25(22,23)14-9-10(7-8-11(14)17)15(21)19-16-18-12-5-3-4-6-13(12)24-16/h3-9H,1-2H3,(H,18,19,21). The van der Waals surface area contributed by atoms with Gasteiger partial charge >= 0.3 is 0 Å². The number of carbonyl (C=O) groups excluding carboxylic acids is 1.